The van der Waals surface area contributed by atoms with Crippen molar-refractivity contribution in [1.29, 1.82) is 0 Å². The van der Waals surface area contributed by atoms with E-state index in [-0.39, 0.29) is 25.1 Å². The number of carbonyl (C=O) groups is 1. The van der Waals surface area contributed by atoms with Gasteiger partial charge in [0.25, 0.3) is 5.92 Å². The van der Waals surface area contributed by atoms with Gasteiger partial charge in [-0.1, -0.05) is 6.92 Å². The topological polar surface area (TPSA) is 55.0 Å². The molecule has 0 aromatic carbocycles. The van der Waals surface area contributed by atoms with Crippen LogP contribution in [0.3, 0.4) is 0 Å². The van der Waals surface area contributed by atoms with Gasteiger partial charge in [-0.05, 0) is 13.3 Å². The Bertz CT molecular complexity index is 526. The van der Waals surface area contributed by atoms with Crippen molar-refractivity contribution in [3.63, 3.8) is 0 Å². The summed E-state index contributed by atoms with van der Waals surface area (Å²) in [6, 6.07) is 0. The van der Waals surface area contributed by atoms with Crippen LogP contribution < -0.4 is 0 Å². The lowest BCUT2D eigenvalue weighted by molar-refractivity contribution is 0.0515. The van der Waals surface area contributed by atoms with Crippen LogP contribution in [0.1, 0.15) is 35.6 Å². The Morgan fingerprint density at radius 3 is 3.00 bits per heavy atom. The van der Waals surface area contributed by atoms with Crippen LogP contribution in [0.2, 0.25) is 0 Å². The molecule has 18 heavy (non-hydrogen) atoms. The first-order valence-electron chi connectivity index (χ1n) is 6.03. The number of esters is 1. The molecule has 1 aromatic rings. The number of ether oxygens (including phenoxy) is 1. The van der Waals surface area contributed by atoms with Gasteiger partial charge < -0.3 is 4.74 Å². The van der Waals surface area contributed by atoms with Gasteiger partial charge in [0.05, 0.1) is 6.61 Å². The van der Waals surface area contributed by atoms with Crippen molar-refractivity contribution in [1.82, 2.24) is 10.2 Å². The molecule has 0 spiro atoms. The van der Waals surface area contributed by atoms with Gasteiger partial charge in [-0.2, -0.15) is 5.10 Å². The van der Waals surface area contributed by atoms with Crippen LogP contribution in [0, 0.1) is 11.3 Å². The monoisotopic (exact) mass is 256 g/mol. The molecule has 4 nitrogen and oxygen atoms in total. The number of nitrogens with zero attached hydrogens (tertiary/aromatic N) is 1. The van der Waals surface area contributed by atoms with E-state index in [0.717, 1.165) is 0 Å². The summed E-state index contributed by atoms with van der Waals surface area (Å²) in [6.07, 6.45) is 0.440. The number of aromatic amines is 1. The number of carbonyl (C=O) groups excluding carboxylic acids is 1. The summed E-state index contributed by atoms with van der Waals surface area (Å²) in [6.45, 7) is 3.53. The van der Waals surface area contributed by atoms with Crippen molar-refractivity contribution >= 4 is 5.97 Å². The van der Waals surface area contributed by atoms with Crippen LogP contribution in [0.4, 0.5) is 8.78 Å². The standard InChI is InChI=1S/C12H14F2N2O2/c1-3-18-10(17)9-6-4-8-11(2,12(8,13)14)5-7(6)15-16-9/h8H,3-5H2,1-2H3,(H,15,16)/t8-,11+/m0/s1. The molecule has 1 aromatic heterocycles. The first-order chi connectivity index (χ1) is 8.41. The third-order valence-electron chi connectivity index (χ3n) is 4.26. The Balaban J connectivity index is 1.93. The number of hydrogen-bond donors (Lipinski definition) is 1. The fourth-order valence-electron chi connectivity index (χ4n) is 2.98. The molecule has 98 valence electrons. The summed E-state index contributed by atoms with van der Waals surface area (Å²) in [4.78, 5) is 11.6. The highest BCUT2D eigenvalue weighted by Crippen LogP contribution is 2.70. The maximum Gasteiger partial charge on any atom is 0.359 e. The second-order valence-corrected chi connectivity index (χ2v) is 5.22. The van der Waals surface area contributed by atoms with Crippen LogP contribution in [0.15, 0.2) is 0 Å². The molecule has 0 radical (unpaired) electrons. The van der Waals surface area contributed by atoms with Crippen LogP contribution in [0.5, 0.6) is 0 Å². The van der Waals surface area contributed by atoms with Gasteiger partial charge in [0, 0.05) is 29.0 Å². The Labute approximate surface area is 103 Å². The molecule has 1 saturated carbocycles. The fourth-order valence-corrected chi connectivity index (χ4v) is 2.98. The summed E-state index contributed by atoms with van der Waals surface area (Å²) in [7, 11) is 0. The molecule has 0 amide bonds. The third-order valence-corrected chi connectivity index (χ3v) is 4.26. The number of halogens is 2. The van der Waals surface area contributed by atoms with E-state index < -0.39 is 23.2 Å². The fraction of sp³-hybridized carbons (Fsp3) is 0.667. The molecule has 3 rings (SSSR count). The number of H-pyrrole nitrogens is 1. The Morgan fingerprint density at radius 2 is 2.33 bits per heavy atom. The summed E-state index contributed by atoms with van der Waals surface area (Å²) >= 11 is 0. The van der Waals surface area contributed by atoms with E-state index in [1.807, 2.05) is 0 Å². The number of nitrogens with one attached hydrogen (secondary N) is 1. The van der Waals surface area contributed by atoms with Crippen LogP contribution in [0.25, 0.3) is 0 Å². The van der Waals surface area contributed by atoms with E-state index >= 15 is 0 Å². The molecule has 2 atom stereocenters. The van der Waals surface area contributed by atoms with Crippen LogP contribution in [-0.4, -0.2) is 28.7 Å². The second kappa shape index (κ2) is 3.30. The van der Waals surface area contributed by atoms with Crippen molar-refractivity contribution in [2.24, 2.45) is 11.3 Å². The van der Waals surface area contributed by atoms with Crippen molar-refractivity contribution in [3.8, 4) is 0 Å². The van der Waals surface area contributed by atoms with Gasteiger partial charge in [0.2, 0.25) is 0 Å². The number of hydrogen-bond acceptors (Lipinski definition) is 3. The van der Waals surface area contributed by atoms with Gasteiger partial charge in [0.1, 0.15) is 0 Å². The van der Waals surface area contributed by atoms with Crippen LogP contribution in [-0.2, 0) is 17.6 Å². The lowest BCUT2D eigenvalue weighted by Crippen LogP contribution is -2.16. The maximum atomic E-state index is 13.7. The largest absolute Gasteiger partial charge is 0.461 e. The predicted octanol–water partition coefficient (Wildman–Crippen LogP) is 1.96. The molecule has 2 aliphatic carbocycles. The average molecular weight is 256 g/mol. The molecule has 2 aliphatic rings. The zero-order valence-corrected chi connectivity index (χ0v) is 10.2. The average Bonchev–Trinajstić information content (AvgIpc) is 2.63. The van der Waals surface area contributed by atoms with E-state index in [2.05, 4.69) is 10.2 Å². The Kier molecular flexibility index (Phi) is 2.13. The molecule has 0 saturated heterocycles. The summed E-state index contributed by atoms with van der Waals surface area (Å²) in [5.41, 5.74) is 0.442. The molecule has 1 N–H and O–H groups in total. The molecule has 1 fully saturated rings. The minimum Gasteiger partial charge on any atom is -0.461 e. The number of fused-ring (bicyclic) bond motifs is 2. The lowest BCUT2D eigenvalue weighted by atomic mass is 9.88. The first-order valence-corrected chi connectivity index (χ1v) is 6.03. The molecule has 0 unspecified atom stereocenters. The smallest absolute Gasteiger partial charge is 0.359 e. The Hall–Kier alpha value is -1.46. The van der Waals surface area contributed by atoms with Crippen molar-refractivity contribution in [3.05, 3.63) is 17.0 Å². The predicted molar refractivity (Wildman–Crippen MR) is 58.5 cm³/mol. The van der Waals surface area contributed by atoms with Crippen molar-refractivity contribution in [2.75, 3.05) is 6.61 Å². The lowest BCUT2D eigenvalue weighted by Gasteiger charge is -2.15. The molecule has 6 heteroatoms. The quantitative estimate of drug-likeness (QED) is 0.823. The van der Waals surface area contributed by atoms with E-state index in [1.54, 1.807) is 13.8 Å². The minimum atomic E-state index is -2.64. The van der Waals surface area contributed by atoms with E-state index in [1.165, 1.54) is 0 Å². The van der Waals surface area contributed by atoms with Crippen molar-refractivity contribution < 1.29 is 18.3 Å². The van der Waals surface area contributed by atoms with Gasteiger partial charge >= 0.3 is 5.97 Å². The molecule has 0 bridgehead atoms. The SMILES string of the molecule is CCOC(=O)c1n[nH]c2c1C[C@@H]1C(F)(F)[C@]1(C)C2. The van der Waals surface area contributed by atoms with Crippen molar-refractivity contribution in [2.45, 2.75) is 32.6 Å². The third kappa shape index (κ3) is 1.23. The summed E-state index contributed by atoms with van der Waals surface area (Å²) in [5.74, 6) is -3.86. The zero-order valence-electron chi connectivity index (χ0n) is 10.2. The zero-order chi connectivity index (χ0) is 13.1. The number of aromatic nitrogens is 2. The molecular weight excluding hydrogens is 242 g/mol. The van der Waals surface area contributed by atoms with Crippen LogP contribution >= 0.6 is 0 Å². The van der Waals surface area contributed by atoms with Gasteiger partial charge in [0.15, 0.2) is 5.69 Å². The minimum absolute atomic E-state index is 0.164. The molecular formula is C12H14F2N2O2. The second-order valence-electron chi connectivity index (χ2n) is 5.22. The highest BCUT2D eigenvalue weighted by molar-refractivity contribution is 5.89. The van der Waals surface area contributed by atoms with E-state index in [9.17, 15) is 13.6 Å². The first kappa shape index (κ1) is 11.6. The van der Waals surface area contributed by atoms with Gasteiger partial charge in [-0.3, -0.25) is 5.10 Å². The Morgan fingerprint density at radius 1 is 1.61 bits per heavy atom. The highest BCUT2D eigenvalue weighted by atomic mass is 19.3. The maximum absolute atomic E-state index is 13.7. The molecule has 1 heterocycles. The molecule has 0 aliphatic heterocycles. The van der Waals surface area contributed by atoms with Gasteiger partial charge in [-0.15, -0.1) is 0 Å². The van der Waals surface area contributed by atoms with E-state index in [0.29, 0.717) is 11.3 Å². The summed E-state index contributed by atoms with van der Waals surface area (Å²) < 4.78 is 32.2. The highest BCUT2D eigenvalue weighted by Gasteiger charge is 2.78. The number of rotatable bonds is 2. The van der Waals surface area contributed by atoms with E-state index in [4.69, 9.17) is 4.74 Å². The number of alkyl halides is 2. The van der Waals surface area contributed by atoms with Gasteiger partial charge in [-0.25, -0.2) is 13.6 Å². The summed E-state index contributed by atoms with van der Waals surface area (Å²) in [5, 5.41) is 6.61. The normalized spacial score (nSPS) is 31.4.